The highest BCUT2D eigenvalue weighted by molar-refractivity contribution is 5.75. The van der Waals surface area contributed by atoms with Crippen molar-refractivity contribution in [3.63, 3.8) is 0 Å². The van der Waals surface area contributed by atoms with Gasteiger partial charge in [0, 0.05) is 19.5 Å². The van der Waals surface area contributed by atoms with Gasteiger partial charge in [-0.05, 0) is 12.1 Å². The molecule has 2 rings (SSSR count). The van der Waals surface area contributed by atoms with Gasteiger partial charge in [0.05, 0.1) is 11.0 Å². The molecule has 0 aliphatic rings. The number of benzene rings is 1. The first-order valence-corrected chi connectivity index (χ1v) is 4.85. The fourth-order valence-electron chi connectivity index (χ4n) is 1.71. The summed E-state index contributed by atoms with van der Waals surface area (Å²) in [4.78, 5) is 4.57. The zero-order chi connectivity index (χ0) is 10.1. The van der Waals surface area contributed by atoms with Crippen molar-refractivity contribution in [2.75, 3.05) is 6.54 Å². The Morgan fingerprint density at radius 2 is 2.14 bits per heavy atom. The van der Waals surface area contributed by atoms with Gasteiger partial charge in [-0.3, -0.25) is 0 Å². The molecule has 0 aliphatic carbocycles. The quantitative estimate of drug-likeness (QED) is 0.780. The molecule has 0 radical (unpaired) electrons. The van der Waals surface area contributed by atoms with Crippen LogP contribution in [0.4, 0.5) is 0 Å². The first kappa shape index (κ1) is 9.21. The largest absolute Gasteiger partial charge is 0.331 e. The van der Waals surface area contributed by atoms with Crippen LogP contribution in [0.3, 0.4) is 0 Å². The van der Waals surface area contributed by atoms with Crippen LogP contribution in [-0.4, -0.2) is 16.1 Å². The topological polar surface area (TPSA) is 43.8 Å². The van der Waals surface area contributed by atoms with E-state index in [2.05, 4.69) is 22.5 Å². The van der Waals surface area contributed by atoms with Crippen LogP contribution in [0.5, 0.6) is 0 Å². The first-order chi connectivity index (χ1) is 6.74. The minimum absolute atomic E-state index is 0.312. The van der Waals surface area contributed by atoms with Crippen molar-refractivity contribution in [2.24, 2.45) is 12.8 Å². The Morgan fingerprint density at radius 3 is 2.79 bits per heavy atom. The van der Waals surface area contributed by atoms with E-state index < -0.39 is 0 Å². The molecule has 0 amide bonds. The number of hydrogen-bond donors (Lipinski definition) is 1. The lowest BCUT2D eigenvalue weighted by molar-refractivity contribution is 0.676. The molecule has 1 unspecified atom stereocenters. The van der Waals surface area contributed by atoms with Gasteiger partial charge in [0.25, 0.3) is 0 Å². The molecule has 1 aromatic heterocycles. The second-order valence-electron chi connectivity index (χ2n) is 3.65. The van der Waals surface area contributed by atoms with Crippen molar-refractivity contribution < 1.29 is 0 Å². The minimum Gasteiger partial charge on any atom is -0.331 e. The summed E-state index contributed by atoms with van der Waals surface area (Å²) in [7, 11) is 2.04. The maximum atomic E-state index is 5.64. The molecule has 74 valence electrons. The Labute approximate surface area is 83.6 Å². The summed E-state index contributed by atoms with van der Waals surface area (Å²) in [5, 5.41) is 0. The van der Waals surface area contributed by atoms with Gasteiger partial charge >= 0.3 is 0 Å². The predicted molar refractivity (Wildman–Crippen MR) is 58.2 cm³/mol. The van der Waals surface area contributed by atoms with Crippen LogP contribution in [0.2, 0.25) is 0 Å². The molecule has 3 heteroatoms. The molecule has 0 bridgehead atoms. The SMILES string of the molecule is CC(CN)c1nc2ccccc2n1C. The molecular weight excluding hydrogens is 174 g/mol. The zero-order valence-corrected chi connectivity index (χ0v) is 8.57. The van der Waals surface area contributed by atoms with E-state index in [9.17, 15) is 0 Å². The number of imidazole rings is 1. The number of hydrogen-bond acceptors (Lipinski definition) is 2. The van der Waals surface area contributed by atoms with E-state index in [1.807, 2.05) is 25.2 Å². The van der Waals surface area contributed by atoms with Gasteiger partial charge in [0.1, 0.15) is 5.82 Å². The number of aryl methyl sites for hydroxylation is 1. The van der Waals surface area contributed by atoms with E-state index in [1.165, 1.54) is 5.52 Å². The Balaban J connectivity index is 2.62. The summed E-state index contributed by atoms with van der Waals surface area (Å²) in [6, 6.07) is 8.14. The lowest BCUT2D eigenvalue weighted by Gasteiger charge is -2.07. The van der Waals surface area contributed by atoms with Gasteiger partial charge in [-0.25, -0.2) is 4.98 Å². The molecule has 2 aromatic rings. The third-order valence-corrected chi connectivity index (χ3v) is 2.62. The molecule has 0 spiro atoms. The van der Waals surface area contributed by atoms with Crippen molar-refractivity contribution in [2.45, 2.75) is 12.8 Å². The summed E-state index contributed by atoms with van der Waals surface area (Å²) in [5.41, 5.74) is 7.86. The Hall–Kier alpha value is -1.35. The van der Waals surface area contributed by atoms with Crippen LogP contribution >= 0.6 is 0 Å². The highest BCUT2D eigenvalue weighted by atomic mass is 15.1. The maximum absolute atomic E-state index is 5.64. The van der Waals surface area contributed by atoms with Gasteiger partial charge in [0.15, 0.2) is 0 Å². The predicted octanol–water partition coefficient (Wildman–Crippen LogP) is 1.64. The Bertz CT molecular complexity index is 445. The molecule has 1 atom stereocenters. The van der Waals surface area contributed by atoms with Gasteiger partial charge in [-0.2, -0.15) is 0 Å². The van der Waals surface area contributed by atoms with Crippen molar-refractivity contribution in [1.82, 2.24) is 9.55 Å². The smallest absolute Gasteiger partial charge is 0.113 e. The molecule has 2 N–H and O–H groups in total. The average molecular weight is 189 g/mol. The molecule has 1 heterocycles. The fourth-order valence-corrected chi connectivity index (χ4v) is 1.71. The van der Waals surface area contributed by atoms with Crippen molar-refractivity contribution in [3.8, 4) is 0 Å². The van der Waals surface area contributed by atoms with E-state index in [-0.39, 0.29) is 0 Å². The number of fused-ring (bicyclic) bond motifs is 1. The molecule has 14 heavy (non-hydrogen) atoms. The average Bonchev–Trinajstić information content (AvgIpc) is 2.56. The second-order valence-corrected chi connectivity index (χ2v) is 3.65. The van der Waals surface area contributed by atoms with Crippen LogP contribution in [0, 0.1) is 0 Å². The normalized spacial score (nSPS) is 13.4. The number of rotatable bonds is 2. The lowest BCUT2D eigenvalue weighted by atomic mass is 10.2. The summed E-state index contributed by atoms with van der Waals surface area (Å²) < 4.78 is 2.12. The Kier molecular flexibility index (Phi) is 2.25. The van der Waals surface area contributed by atoms with Gasteiger partial charge in [-0.15, -0.1) is 0 Å². The highest BCUT2D eigenvalue weighted by Crippen LogP contribution is 2.19. The number of aromatic nitrogens is 2. The monoisotopic (exact) mass is 189 g/mol. The molecule has 3 nitrogen and oxygen atoms in total. The molecular formula is C11H15N3. The van der Waals surface area contributed by atoms with Gasteiger partial charge in [-0.1, -0.05) is 19.1 Å². The van der Waals surface area contributed by atoms with E-state index in [1.54, 1.807) is 0 Å². The number of para-hydroxylation sites is 2. The van der Waals surface area contributed by atoms with Crippen LogP contribution in [-0.2, 0) is 7.05 Å². The molecule has 0 saturated carbocycles. The van der Waals surface area contributed by atoms with Crippen molar-refractivity contribution in [1.29, 1.82) is 0 Å². The van der Waals surface area contributed by atoms with E-state index in [4.69, 9.17) is 5.73 Å². The number of nitrogens with zero attached hydrogens (tertiary/aromatic N) is 2. The fraction of sp³-hybridized carbons (Fsp3) is 0.364. The highest BCUT2D eigenvalue weighted by Gasteiger charge is 2.11. The van der Waals surface area contributed by atoms with Crippen LogP contribution in [0.15, 0.2) is 24.3 Å². The zero-order valence-electron chi connectivity index (χ0n) is 8.57. The summed E-state index contributed by atoms with van der Waals surface area (Å²) in [6.45, 7) is 2.73. The summed E-state index contributed by atoms with van der Waals surface area (Å²) in [5.74, 6) is 1.38. The summed E-state index contributed by atoms with van der Waals surface area (Å²) >= 11 is 0. The summed E-state index contributed by atoms with van der Waals surface area (Å²) in [6.07, 6.45) is 0. The van der Waals surface area contributed by atoms with E-state index in [0.29, 0.717) is 12.5 Å². The Morgan fingerprint density at radius 1 is 1.43 bits per heavy atom. The van der Waals surface area contributed by atoms with Gasteiger partial charge in [0.2, 0.25) is 0 Å². The lowest BCUT2D eigenvalue weighted by Crippen LogP contribution is -2.13. The van der Waals surface area contributed by atoms with E-state index in [0.717, 1.165) is 11.3 Å². The third kappa shape index (κ3) is 1.30. The molecule has 0 aliphatic heterocycles. The van der Waals surface area contributed by atoms with Crippen molar-refractivity contribution in [3.05, 3.63) is 30.1 Å². The van der Waals surface area contributed by atoms with Crippen molar-refractivity contribution >= 4 is 11.0 Å². The van der Waals surface area contributed by atoms with E-state index >= 15 is 0 Å². The maximum Gasteiger partial charge on any atom is 0.113 e. The van der Waals surface area contributed by atoms with Crippen LogP contribution < -0.4 is 5.73 Å². The number of nitrogens with two attached hydrogens (primary N) is 1. The van der Waals surface area contributed by atoms with Crippen LogP contribution in [0.1, 0.15) is 18.7 Å². The molecule has 0 fully saturated rings. The standard InChI is InChI=1S/C11H15N3/c1-8(7-12)11-13-9-5-3-4-6-10(9)14(11)2/h3-6,8H,7,12H2,1-2H3. The second kappa shape index (κ2) is 3.42. The molecule has 1 aromatic carbocycles. The third-order valence-electron chi connectivity index (χ3n) is 2.62. The van der Waals surface area contributed by atoms with Gasteiger partial charge < -0.3 is 10.3 Å². The minimum atomic E-state index is 0.312. The molecule has 0 saturated heterocycles. The van der Waals surface area contributed by atoms with Crippen LogP contribution in [0.25, 0.3) is 11.0 Å². The first-order valence-electron chi connectivity index (χ1n) is 4.85.